The summed E-state index contributed by atoms with van der Waals surface area (Å²) in [5.74, 6) is 2.82. The third kappa shape index (κ3) is 4.17. The van der Waals surface area contributed by atoms with Gasteiger partial charge in [-0.15, -0.1) is 0 Å². The van der Waals surface area contributed by atoms with Gasteiger partial charge in [0.05, 0.1) is 32.8 Å². The molecule has 6 rings (SSSR count). The fraction of sp³-hybridized carbons (Fsp3) is 0.844. The van der Waals surface area contributed by atoms with E-state index in [1.54, 1.807) is 6.92 Å². The molecule has 5 nitrogen and oxygen atoms in total. The fourth-order valence-electron chi connectivity index (χ4n) is 10.8. The van der Waals surface area contributed by atoms with E-state index in [1.165, 1.54) is 64.5 Å². The standard InChI is InChI=1S/C32H51N2O3/c1-5-16-34(17-6-7-18-34)29-21-28-26-11-9-24-8-10-25(33-14-19-36-20-15-33)22-32(24,4)27(26)12-13-31(28,3)30(29)37-23(2)35/h5,8,10,24-30H,1,6-7,9,11-22H2,2-4H3/q+1/t24-,25-,26?,27?,28?,29+,30+,31+,32+/m1/s1. The number of carbonyl (C=O) groups excluding carboxylic acids is 1. The van der Waals surface area contributed by atoms with Crippen LogP contribution in [-0.4, -0.2) is 79.5 Å². The van der Waals surface area contributed by atoms with E-state index in [4.69, 9.17) is 9.47 Å². The number of allylic oxidation sites excluding steroid dienone is 1. The minimum Gasteiger partial charge on any atom is -0.456 e. The highest BCUT2D eigenvalue weighted by molar-refractivity contribution is 5.66. The Bertz CT molecular complexity index is 906. The van der Waals surface area contributed by atoms with Crippen LogP contribution in [0.15, 0.2) is 24.8 Å². The van der Waals surface area contributed by atoms with E-state index in [1.807, 2.05) is 0 Å². The van der Waals surface area contributed by atoms with Crippen LogP contribution in [0, 0.1) is 34.5 Å². The van der Waals surface area contributed by atoms with Crippen molar-refractivity contribution in [2.45, 2.75) is 90.3 Å². The second-order valence-corrected chi connectivity index (χ2v) is 14.1. The van der Waals surface area contributed by atoms with Gasteiger partial charge in [0.25, 0.3) is 0 Å². The van der Waals surface area contributed by atoms with Crippen molar-refractivity contribution in [1.82, 2.24) is 4.90 Å². The molecule has 0 aromatic rings. The smallest absolute Gasteiger partial charge is 0.303 e. The van der Waals surface area contributed by atoms with Gasteiger partial charge in [-0.3, -0.25) is 9.69 Å². The predicted molar refractivity (Wildman–Crippen MR) is 147 cm³/mol. The van der Waals surface area contributed by atoms with Crippen molar-refractivity contribution in [1.29, 1.82) is 0 Å². The van der Waals surface area contributed by atoms with E-state index < -0.39 is 0 Å². The molecule has 4 aliphatic carbocycles. The minimum atomic E-state index is -0.0867. The number of hydrogen-bond acceptors (Lipinski definition) is 4. The summed E-state index contributed by atoms with van der Waals surface area (Å²) < 4.78 is 13.1. The van der Waals surface area contributed by atoms with Crippen LogP contribution in [0.1, 0.15) is 72.1 Å². The maximum atomic E-state index is 12.5. The lowest BCUT2D eigenvalue weighted by atomic mass is 9.46. The molecule has 5 heteroatoms. The zero-order valence-electron chi connectivity index (χ0n) is 23.7. The maximum Gasteiger partial charge on any atom is 0.303 e. The minimum absolute atomic E-state index is 0.0480. The summed E-state index contributed by atoms with van der Waals surface area (Å²) in [4.78, 5) is 15.2. The Balaban J connectivity index is 1.30. The van der Waals surface area contributed by atoms with Crippen molar-refractivity contribution in [2.24, 2.45) is 34.5 Å². The molecule has 3 saturated carbocycles. The molecule has 9 atom stereocenters. The summed E-state index contributed by atoms with van der Waals surface area (Å²) in [5, 5.41) is 0. The van der Waals surface area contributed by atoms with E-state index in [0.29, 0.717) is 23.4 Å². The molecular formula is C32H51N2O3+. The third-order valence-electron chi connectivity index (χ3n) is 12.5. The van der Waals surface area contributed by atoms with Crippen LogP contribution >= 0.6 is 0 Å². The molecule has 2 aliphatic heterocycles. The number of morpholine rings is 1. The van der Waals surface area contributed by atoms with Crippen LogP contribution in [0.2, 0.25) is 0 Å². The van der Waals surface area contributed by atoms with E-state index >= 15 is 0 Å². The Kier molecular flexibility index (Phi) is 6.89. The number of quaternary nitrogens is 1. The number of nitrogens with zero attached hydrogens (tertiary/aromatic N) is 2. The quantitative estimate of drug-likeness (QED) is 0.288. The second kappa shape index (κ2) is 9.78. The van der Waals surface area contributed by atoms with Gasteiger partial charge in [-0.05, 0) is 67.3 Å². The molecule has 3 unspecified atom stereocenters. The second-order valence-electron chi connectivity index (χ2n) is 14.1. The first-order chi connectivity index (χ1) is 17.8. The fourth-order valence-corrected chi connectivity index (χ4v) is 10.8. The van der Waals surface area contributed by atoms with E-state index in [9.17, 15) is 4.79 Å². The van der Waals surface area contributed by atoms with E-state index in [-0.39, 0.29) is 17.5 Å². The van der Waals surface area contributed by atoms with Crippen LogP contribution in [0.3, 0.4) is 0 Å². The zero-order chi connectivity index (χ0) is 25.8. The molecule has 0 radical (unpaired) electrons. The molecule has 0 amide bonds. The molecule has 0 aromatic carbocycles. The average molecular weight is 512 g/mol. The van der Waals surface area contributed by atoms with Crippen LogP contribution in [0.25, 0.3) is 0 Å². The number of rotatable bonds is 5. The summed E-state index contributed by atoms with van der Waals surface area (Å²) in [5.41, 5.74) is 0.474. The summed E-state index contributed by atoms with van der Waals surface area (Å²) in [6.45, 7) is 18.3. The van der Waals surface area contributed by atoms with Crippen LogP contribution in [0.4, 0.5) is 0 Å². The Morgan fingerprint density at radius 2 is 1.86 bits per heavy atom. The zero-order valence-corrected chi connectivity index (χ0v) is 23.7. The van der Waals surface area contributed by atoms with Gasteiger partial charge < -0.3 is 14.0 Å². The number of esters is 1. The SMILES string of the molecule is C=CC[N+]1([C@H]2CC3C4CC[C@H]5C=C[C@@H](N6CCOCC6)C[C@]5(C)C4CC[C@]3(C)[C@H]2OC(C)=O)CCCC1. The van der Waals surface area contributed by atoms with Crippen LogP contribution < -0.4 is 0 Å². The molecule has 6 aliphatic rings. The number of fused-ring (bicyclic) bond motifs is 5. The average Bonchev–Trinajstić information content (AvgIpc) is 3.47. The molecule has 0 aromatic heterocycles. The lowest BCUT2D eigenvalue weighted by Gasteiger charge is -2.60. The molecular weight excluding hydrogens is 460 g/mol. The van der Waals surface area contributed by atoms with Gasteiger partial charge in [-0.2, -0.15) is 0 Å². The topological polar surface area (TPSA) is 38.8 Å². The van der Waals surface area contributed by atoms with Crippen molar-refractivity contribution in [2.75, 3.05) is 45.9 Å². The Hall–Kier alpha value is -1.17. The van der Waals surface area contributed by atoms with Gasteiger partial charge in [0.15, 0.2) is 6.10 Å². The van der Waals surface area contributed by atoms with Gasteiger partial charge in [-0.1, -0.05) is 32.6 Å². The first-order valence-electron chi connectivity index (χ1n) is 15.4. The first-order valence-corrected chi connectivity index (χ1v) is 15.4. The molecule has 0 N–H and O–H groups in total. The predicted octanol–water partition coefficient (Wildman–Crippen LogP) is 5.21. The Morgan fingerprint density at radius 3 is 2.57 bits per heavy atom. The Labute approximate surface area is 225 Å². The van der Waals surface area contributed by atoms with Crippen molar-refractivity contribution in [3.05, 3.63) is 24.8 Å². The molecule has 0 bridgehead atoms. The largest absolute Gasteiger partial charge is 0.456 e. The highest BCUT2D eigenvalue weighted by atomic mass is 16.5. The highest BCUT2D eigenvalue weighted by Crippen LogP contribution is 2.67. The molecule has 2 saturated heterocycles. The normalized spacial score (nSPS) is 47.1. The first kappa shape index (κ1) is 26.1. The summed E-state index contributed by atoms with van der Waals surface area (Å²) in [6, 6.07) is 0.990. The van der Waals surface area contributed by atoms with Gasteiger partial charge in [0.1, 0.15) is 6.04 Å². The number of hydrogen-bond donors (Lipinski definition) is 0. The third-order valence-corrected chi connectivity index (χ3v) is 12.5. The molecule has 37 heavy (non-hydrogen) atoms. The summed E-state index contributed by atoms with van der Waals surface area (Å²) in [6.07, 6.45) is 17.6. The maximum absolute atomic E-state index is 12.5. The van der Waals surface area contributed by atoms with Gasteiger partial charge >= 0.3 is 5.97 Å². The Morgan fingerprint density at radius 1 is 1.11 bits per heavy atom. The molecule has 206 valence electrons. The number of carbonyl (C=O) groups is 1. The molecule has 0 spiro atoms. The van der Waals surface area contributed by atoms with Crippen LogP contribution in [0.5, 0.6) is 0 Å². The molecule has 5 fully saturated rings. The van der Waals surface area contributed by atoms with Crippen molar-refractivity contribution in [3.8, 4) is 0 Å². The lowest BCUT2D eigenvalue weighted by molar-refractivity contribution is -0.937. The van der Waals surface area contributed by atoms with Gasteiger partial charge in [0, 0.05) is 50.7 Å². The van der Waals surface area contributed by atoms with Gasteiger partial charge in [-0.25, -0.2) is 0 Å². The summed E-state index contributed by atoms with van der Waals surface area (Å²) in [7, 11) is 0. The van der Waals surface area contributed by atoms with Crippen LogP contribution in [-0.2, 0) is 14.3 Å². The van der Waals surface area contributed by atoms with Gasteiger partial charge in [0.2, 0.25) is 0 Å². The monoisotopic (exact) mass is 511 g/mol. The van der Waals surface area contributed by atoms with Crippen molar-refractivity contribution in [3.63, 3.8) is 0 Å². The highest BCUT2D eigenvalue weighted by Gasteiger charge is 2.67. The molecule has 2 heterocycles. The van der Waals surface area contributed by atoms with Crippen molar-refractivity contribution < 1.29 is 18.8 Å². The van der Waals surface area contributed by atoms with E-state index in [2.05, 4.69) is 43.6 Å². The summed E-state index contributed by atoms with van der Waals surface area (Å²) >= 11 is 0. The lowest BCUT2D eigenvalue weighted by Crippen LogP contribution is -2.59. The number of ether oxygens (including phenoxy) is 2. The van der Waals surface area contributed by atoms with Crippen molar-refractivity contribution >= 4 is 5.97 Å². The van der Waals surface area contributed by atoms with E-state index in [0.717, 1.165) is 55.1 Å². The number of likely N-dealkylation sites (tertiary alicyclic amines) is 1.